The summed E-state index contributed by atoms with van der Waals surface area (Å²) in [6.07, 6.45) is 0. The van der Waals surface area contributed by atoms with Crippen molar-refractivity contribution in [3.05, 3.63) is 35.4 Å². The zero-order valence-electron chi connectivity index (χ0n) is 13.9. The van der Waals surface area contributed by atoms with E-state index in [0.29, 0.717) is 18.1 Å². The van der Waals surface area contributed by atoms with E-state index < -0.39 is 0 Å². The van der Waals surface area contributed by atoms with Crippen molar-refractivity contribution in [1.29, 1.82) is 0 Å². The van der Waals surface area contributed by atoms with Crippen molar-refractivity contribution in [3.63, 3.8) is 0 Å². The molecule has 1 rings (SSSR count). The second-order valence-corrected chi connectivity index (χ2v) is 6.23. The molecule has 1 aromatic carbocycles. The molecule has 0 amide bonds. The lowest BCUT2D eigenvalue weighted by Gasteiger charge is -2.19. The largest absolute Gasteiger partial charge is 0.462 e. The molecule has 1 aromatic rings. The van der Waals surface area contributed by atoms with E-state index in [1.165, 1.54) is 5.56 Å². The van der Waals surface area contributed by atoms with Gasteiger partial charge in [0.1, 0.15) is 0 Å². The number of carbonyl (C=O) groups excluding carboxylic acids is 1. The summed E-state index contributed by atoms with van der Waals surface area (Å²) in [7, 11) is 6.26. The molecule has 118 valence electrons. The number of ether oxygens (including phenoxy) is 1. The summed E-state index contributed by atoms with van der Waals surface area (Å²) in [4.78, 5) is 16.3. The quantitative estimate of drug-likeness (QED) is 0.689. The van der Waals surface area contributed by atoms with Crippen LogP contribution in [0.5, 0.6) is 0 Å². The van der Waals surface area contributed by atoms with Gasteiger partial charge < -0.3 is 14.5 Å². The van der Waals surface area contributed by atoms with Gasteiger partial charge in [-0.25, -0.2) is 4.79 Å². The predicted molar refractivity (Wildman–Crippen MR) is 86.5 cm³/mol. The van der Waals surface area contributed by atoms with Crippen LogP contribution in [0, 0.1) is 5.92 Å². The Bertz CT molecular complexity index is 427. The molecule has 0 saturated heterocycles. The topological polar surface area (TPSA) is 32.8 Å². The van der Waals surface area contributed by atoms with Crippen LogP contribution in [0.4, 0.5) is 0 Å². The molecule has 0 spiro atoms. The molecule has 0 bridgehead atoms. The molecular weight excluding hydrogens is 264 g/mol. The third-order valence-electron chi connectivity index (χ3n) is 3.12. The molecule has 0 aliphatic carbocycles. The Balaban J connectivity index is 2.48. The van der Waals surface area contributed by atoms with Crippen molar-refractivity contribution < 1.29 is 9.53 Å². The number of likely N-dealkylation sites (N-methyl/N-ethyl adjacent to an activating group) is 2. The molecule has 4 nitrogen and oxygen atoms in total. The van der Waals surface area contributed by atoms with Crippen LogP contribution < -0.4 is 0 Å². The maximum Gasteiger partial charge on any atom is 0.338 e. The van der Waals surface area contributed by atoms with Crippen molar-refractivity contribution in [2.24, 2.45) is 5.92 Å². The molecule has 0 unspecified atom stereocenters. The zero-order valence-corrected chi connectivity index (χ0v) is 13.9. The fourth-order valence-corrected chi connectivity index (χ4v) is 1.83. The fourth-order valence-electron chi connectivity index (χ4n) is 1.83. The summed E-state index contributed by atoms with van der Waals surface area (Å²) in [5.74, 6) is 0.120. The van der Waals surface area contributed by atoms with E-state index in [1.807, 2.05) is 38.1 Å². The summed E-state index contributed by atoms with van der Waals surface area (Å²) in [6, 6.07) is 7.69. The van der Waals surface area contributed by atoms with Crippen molar-refractivity contribution in [2.75, 3.05) is 40.8 Å². The van der Waals surface area contributed by atoms with Gasteiger partial charge >= 0.3 is 5.97 Å². The summed E-state index contributed by atoms with van der Waals surface area (Å²) < 4.78 is 5.22. The minimum atomic E-state index is -0.240. The van der Waals surface area contributed by atoms with Crippen molar-refractivity contribution in [2.45, 2.75) is 20.4 Å². The summed E-state index contributed by atoms with van der Waals surface area (Å²) >= 11 is 0. The average Bonchev–Trinajstić information content (AvgIpc) is 2.43. The Morgan fingerprint density at radius 3 is 2.24 bits per heavy atom. The first-order chi connectivity index (χ1) is 9.88. The van der Waals surface area contributed by atoms with Crippen LogP contribution in [0.1, 0.15) is 29.8 Å². The number of hydrogen-bond acceptors (Lipinski definition) is 4. The van der Waals surface area contributed by atoms with Gasteiger partial charge in [0.05, 0.1) is 12.2 Å². The molecule has 0 aliphatic rings. The molecule has 0 aliphatic heterocycles. The van der Waals surface area contributed by atoms with Crippen LogP contribution in [-0.4, -0.2) is 56.6 Å². The van der Waals surface area contributed by atoms with Crippen LogP contribution in [0.25, 0.3) is 0 Å². The predicted octanol–water partition coefficient (Wildman–Crippen LogP) is 2.49. The van der Waals surface area contributed by atoms with Gasteiger partial charge in [-0.3, -0.25) is 0 Å². The maximum absolute atomic E-state index is 11.8. The molecule has 0 aromatic heterocycles. The fraction of sp³-hybridized carbons (Fsp3) is 0.588. The highest BCUT2D eigenvalue weighted by Gasteiger charge is 2.08. The number of carbonyl (C=O) groups is 1. The van der Waals surface area contributed by atoms with E-state index in [2.05, 4.69) is 30.9 Å². The highest BCUT2D eigenvalue weighted by Crippen LogP contribution is 2.09. The minimum absolute atomic E-state index is 0.240. The molecule has 21 heavy (non-hydrogen) atoms. The monoisotopic (exact) mass is 292 g/mol. The molecule has 0 heterocycles. The van der Waals surface area contributed by atoms with E-state index in [-0.39, 0.29) is 5.97 Å². The van der Waals surface area contributed by atoms with Gasteiger partial charge in [0.15, 0.2) is 0 Å². The lowest BCUT2D eigenvalue weighted by Crippen LogP contribution is -2.28. The van der Waals surface area contributed by atoms with Gasteiger partial charge in [0, 0.05) is 19.6 Å². The summed E-state index contributed by atoms with van der Waals surface area (Å²) in [5.41, 5.74) is 1.83. The zero-order chi connectivity index (χ0) is 15.8. The van der Waals surface area contributed by atoms with Crippen LogP contribution in [0.15, 0.2) is 24.3 Å². The number of rotatable bonds is 8. The summed E-state index contributed by atoms with van der Waals surface area (Å²) in [6.45, 7) is 7.46. The van der Waals surface area contributed by atoms with Crippen molar-refractivity contribution in [1.82, 2.24) is 9.80 Å². The van der Waals surface area contributed by atoms with Crippen LogP contribution >= 0.6 is 0 Å². The highest BCUT2D eigenvalue weighted by atomic mass is 16.5. The van der Waals surface area contributed by atoms with E-state index in [0.717, 1.165) is 19.6 Å². The lowest BCUT2D eigenvalue weighted by atomic mass is 10.1. The molecular formula is C17H28N2O2. The Morgan fingerprint density at radius 2 is 1.71 bits per heavy atom. The lowest BCUT2D eigenvalue weighted by molar-refractivity contribution is 0.0459. The number of nitrogens with zero attached hydrogens (tertiary/aromatic N) is 2. The smallest absolute Gasteiger partial charge is 0.338 e. The van der Waals surface area contributed by atoms with Crippen LogP contribution in [0.3, 0.4) is 0 Å². The van der Waals surface area contributed by atoms with Crippen molar-refractivity contribution in [3.8, 4) is 0 Å². The Labute approximate surface area is 128 Å². The summed E-state index contributed by atoms with van der Waals surface area (Å²) in [5, 5.41) is 0. The van der Waals surface area contributed by atoms with Gasteiger partial charge in [-0.2, -0.15) is 0 Å². The number of hydrogen-bond donors (Lipinski definition) is 0. The molecule has 4 heteroatoms. The van der Waals surface area contributed by atoms with Gasteiger partial charge in [-0.1, -0.05) is 26.0 Å². The van der Waals surface area contributed by atoms with Gasteiger partial charge in [-0.05, 0) is 44.8 Å². The minimum Gasteiger partial charge on any atom is -0.462 e. The number of benzene rings is 1. The SMILES string of the molecule is CC(C)COC(=O)c1ccc(CN(C)CCN(C)C)cc1. The van der Waals surface area contributed by atoms with Crippen LogP contribution in [0.2, 0.25) is 0 Å². The molecule has 0 saturated carbocycles. The first-order valence-electron chi connectivity index (χ1n) is 7.48. The second kappa shape index (κ2) is 8.80. The van der Waals surface area contributed by atoms with E-state index >= 15 is 0 Å². The van der Waals surface area contributed by atoms with E-state index in [9.17, 15) is 4.79 Å². The average molecular weight is 292 g/mol. The highest BCUT2D eigenvalue weighted by molar-refractivity contribution is 5.89. The Hall–Kier alpha value is -1.39. The third-order valence-corrected chi connectivity index (χ3v) is 3.12. The standard InChI is InChI=1S/C17H28N2O2/c1-14(2)13-21-17(20)16-8-6-15(7-9-16)12-19(5)11-10-18(3)4/h6-9,14H,10-13H2,1-5H3. The van der Waals surface area contributed by atoms with Crippen molar-refractivity contribution >= 4 is 5.97 Å². The van der Waals surface area contributed by atoms with Gasteiger partial charge in [0.25, 0.3) is 0 Å². The molecule has 0 N–H and O–H groups in total. The third kappa shape index (κ3) is 7.25. The van der Waals surface area contributed by atoms with E-state index in [4.69, 9.17) is 4.74 Å². The van der Waals surface area contributed by atoms with Gasteiger partial charge in [0.2, 0.25) is 0 Å². The van der Waals surface area contributed by atoms with Gasteiger partial charge in [-0.15, -0.1) is 0 Å². The first-order valence-corrected chi connectivity index (χ1v) is 7.48. The number of esters is 1. The molecule has 0 fully saturated rings. The molecule has 0 radical (unpaired) electrons. The molecule has 0 atom stereocenters. The maximum atomic E-state index is 11.8. The Kier molecular flexibility index (Phi) is 7.40. The Morgan fingerprint density at radius 1 is 1.10 bits per heavy atom. The van der Waals surface area contributed by atoms with Crippen LogP contribution in [-0.2, 0) is 11.3 Å². The van der Waals surface area contributed by atoms with E-state index in [1.54, 1.807) is 0 Å². The first kappa shape index (κ1) is 17.7. The normalized spacial score (nSPS) is 11.4. The second-order valence-electron chi connectivity index (χ2n) is 6.23.